The summed E-state index contributed by atoms with van der Waals surface area (Å²) in [4.78, 5) is 9.67. The molecule has 0 aliphatic carbocycles. The summed E-state index contributed by atoms with van der Waals surface area (Å²) in [5.74, 6) is 0. The minimum atomic E-state index is -2.21. The zero-order chi connectivity index (χ0) is 112. The lowest BCUT2D eigenvalue weighted by Gasteiger charge is -2.43. The van der Waals surface area contributed by atoms with Crippen molar-refractivity contribution in [3.63, 3.8) is 0 Å². The molecule has 148 heavy (non-hydrogen) atoms. The zero-order valence-corrected chi connectivity index (χ0v) is 92.5. The van der Waals surface area contributed by atoms with Gasteiger partial charge in [0, 0.05) is 156 Å². The number of aryl methyl sites for hydroxylation is 15. The fraction of sp³-hybridized carbons (Fsp3) is 0.331. The molecule has 0 atom stereocenters. The van der Waals surface area contributed by atoms with Gasteiger partial charge in [-0.1, -0.05) is 345 Å². The monoisotopic (exact) mass is 1960 g/mol. The maximum atomic E-state index is 8.41. The Balaban J connectivity index is 0.000000103. The number of fused-ring (bicyclic) bond motifs is 15. The second-order valence-corrected chi connectivity index (χ2v) is 49.3. The van der Waals surface area contributed by atoms with Gasteiger partial charge in [-0.2, -0.15) is 22.0 Å². The Morgan fingerprint density at radius 1 is 0.223 bits per heavy atom. The van der Waals surface area contributed by atoms with Crippen LogP contribution in [0.5, 0.6) is 0 Å². The summed E-state index contributed by atoms with van der Waals surface area (Å²) in [6.45, 7) is 55.5. The van der Waals surface area contributed by atoms with Gasteiger partial charge in [0.1, 0.15) is 40.0 Å². The molecule has 0 bridgehead atoms. The van der Waals surface area contributed by atoms with Crippen molar-refractivity contribution in [3.05, 3.63) is 355 Å². The van der Waals surface area contributed by atoms with Gasteiger partial charge in [0.15, 0.2) is 45.6 Å². The summed E-state index contributed by atoms with van der Waals surface area (Å²) < 4.78 is 98.3. The minimum Gasteiger partial charge on any atom is -0.255 e. The Hall–Kier alpha value is -14.2. The van der Waals surface area contributed by atoms with Gasteiger partial charge in [0.05, 0.1) is 84.0 Å². The molecular formula is C136H145N12+5. The average molecular weight is 1960 g/mol. The summed E-state index contributed by atoms with van der Waals surface area (Å²) in [5, 5.41) is 14.4. The van der Waals surface area contributed by atoms with E-state index in [-0.39, 0.29) is 54.1 Å². The van der Waals surface area contributed by atoms with Crippen LogP contribution in [0.15, 0.2) is 243 Å². The number of nitrogens with zero attached hydrogens (tertiary/aromatic N) is 12. The van der Waals surface area contributed by atoms with Gasteiger partial charge < -0.3 is 0 Å². The average Bonchev–Trinajstić information content (AvgIpc) is 1.51. The molecule has 744 valence electrons. The summed E-state index contributed by atoms with van der Waals surface area (Å²) in [6, 6.07) is 76.8. The van der Waals surface area contributed by atoms with Gasteiger partial charge in [-0.05, 0) is 137 Å². The van der Waals surface area contributed by atoms with Crippen LogP contribution in [0.4, 0.5) is 0 Å². The molecule has 12 nitrogen and oxygen atoms in total. The Morgan fingerprint density at radius 2 is 0.466 bits per heavy atom. The molecule has 0 saturated carbocycles. The molecule has 0 saturated heterocycles. The standard InChI is InChI=1S/2C30H31N2.C29H30N3.C24H27N2.C23H26N3/c2*1-18-12-11-15-21-23-19(2)16-17-22-26(23)32-27(30(5,6)29(22,3)4)25(20-13-9-8-10-14-20)31(7)28(32)24(18)21;1-17-13-14-20-25-21(17)23-22(18(2)15-16-30-23)27-31(7)24(19-11-9-8-10-12-19)26(32(25)27)29(5,6)28(20,3)4;1-14-9-8-10-16-19-15(2)11-12-17-21(19)26-18(24(5,6)23(17,3)4)13-25(7)22(26)20(14)16;1-13-8-9-15-20-17(13)19-18(14(2)10-11-24-19)21-25(7)12-16(26(20)21)23(5,6)22(15,3)4/h2*8-17H,1-7H3;8-16H,1-7H3;8-13H,1-7H3;8-12H,1-7H3/q5*+1/i2D3;;;2D3;1D3. The van der Waals surface area contributed by atoms with Crippen molar-refractivity contribution in [3.8, 4) is 33.8 Å². The van der Waals surface area contributed by atoms with Crippen molar-refractivity contribution in [2.75, 3.05) is 0 Å². The topological polar surface area (TPSA) is 67.2 Å². The van der Waals surface area contributed by atoms with Crippen LogP contribution in [-0.2, 0) is 89.4 Å². The first-order chi connectivity index (χ1) is 73.5. The van der Waals surface area contributed by atoms with E-state index < -0.39 is 20.6 Å². The third kappa shape index (κ3) is 12.0. The molecular weight excluding hydrogens is 1800 g/mol. The Kier molecular flexibility index (Phi) is 18.2. The van der Waals surface area contributed by atoms with E-state index in [0.717, 1.165) is 104 Å². The van der Waals surface area contributed by atoms with Crippen LogP contribution in [0.2, 0.25) is 0 Å². The van der Waals surface area contributed by atoms with E-state index in [1.54, 1.807) is 12.3 Å². The third-order valence-corrected chi connectivity index (χ3v) is 39.5. The molecule has 17 heterocycles. The summed E-state index contributed by atoms with van der Waals surface area (Å²) in [7, 11) is 10.8. The van der Waals surface area contributed by atoms with Gasteiger partial charge in [0.25, 0.3) is 28.2 Å². The quantitative estimate of drug-likeness (QED) is 0.131. The third-order valence-electron chi connectivity index (χ3n) is 39.5. The molecule has 0 radical (unpaired) electrons. The molecule has 12 aromatic heterocycles. The molecule has 0 N–H and O–H groups in total. The number of imidazole rings is 5. The Morgan fingerprint density at radius 3 is 0.804 bits per heavy atom. The zero-order valence-electron chi connectivity index (χ0n) is 101. The van der Waals surface area contributed by atoms with Crippen molar-refractivity contribution in [1.29, 1.82) is 0 Å². The summed E-state index contributed by atoms with van der Waals surface area (Å²) >= 11 is 0. The van der Waals surface area contributed by atoms with Gasteiger partial charge in [-0.25, -0.2) is 22.8 Å². The predicted molar refractivity (Wildman–Crippen MR) is 617 cm³/mol. The van der Waals surface area contributed by atoms with Gasteiger partial charge >= 0.3 is 0 Å². The van der Waals surface area contributed by atoms with E-state index in [1.807, 2.05) is 42.6 Å². The van der Waals surface area contributed by atoms with E-state index in [9.17, 15) is 0 Å². The van der Waals surface area contributed by atoms with Crippen LogP contribution in [-0.4, -0.2) is 32.0 Å². The minimum absolute atomic E-state index is 0.0196. The summed E-state index contributed by atoms with van der Waals surface area (Å²) in [5.41, 5.74) is 42.6. The highest BCUT2D eigenvalue weighted by atomic mass is 15.2. The van der Waals surface area contributed by atoms with Gasteiger partial charge in [-0.15, -0.1) is 0 Å². The fourth-order valence-corrected chi connectivity index (χ4v) is 28.0. The van der Waals surface area contributed by atoms with Crippen LogP contribution in [0.25, 0.3) is 171 Å². The first kappa shape index (κ1) is 85.8. The van der Waals surface area contributed by atoms with Gasteiger partial charge in [0.2, 0.25) is 0 Å². The van der Waals surface area contributed by atoms with E-state index >= 15 is 0 Å². The second-order valence-electron chi connectivity index (χ2n) is 49.3. The van der Waals surface area contributed by atoms with Crippen LogP contribution in [0.3, 0.4) is 0 Å². The molecule has 0 amide bonds. The van der Waals surface area contributed by atoms with Crippen molar-refractivity contribution in [2.45, 2.75) is 262 Å². The van der Waals surface area contributed by atoms with Crippen molar-refractivity contribution >= 4 is 137 Å². The first-order valence-corrected chi connectivity index (χ1v) is 52.9. The molecule has 0 fully saturated rings. The Bertz CT molecular complexity index is 9810. The molecule has 5 aliphatic heterocycles. The maximum Gasteiger partial charge on any atom is 0.297 e. The molecule has 12 heteroatoms. The van der Waals surface area contributed by atoms with Crippen LogP contribution < -0.4 is 22.8 Å². The highest BCUT2D eigenvalue weighted by molar-refractivity contribution is 6.20. The van der Waals surface area contributed by atoms with Crippen molar-refractivity contribution < 1.29 is 35.2 Å². The molecule has 28 rings (SSSR count). The van der Waals surface area contributed by atoms with Crippen LogP contribution in [0, 0.1) is 69.0 Å². The van der Waals surface area contributed by atoms with Crippen LogP contribution >= 0.6 is 0 Å². The van der Waals surface area contributed by atoms with Crippen molar-refractivity contribution in [1.82, 2.24) is 32.0 Å². The molecule has 0 unspecified atom stereocenters. The molecule has 23 aromatic rings. The largest absolute Gasteiger partial charge is 0.297 e. The highest BCUT2D eigenvalue weighted by Crippen LogP contribution is 2.61. The smallest absolute Gasteiger partial charge is 0.255 e. The first-order valence-electron chi connectivity index (χ1n) is 57.4. The number of pyridine rings is 7. The van der Waals surface area contributed by atoms with E-state index in [2.05, 4.69) is 455 Å². The molecule has 0 spiro atoms. The molecule has 5 aliphatic rings. The summed E-state index contributed by atoms with van der Waals surface area (Å²) in [6.07, 6.45) is 8.18. The lowest BCUT2D eigenvalue weighted by atomic mass is 9.60. The number of hydrogen-bond acceptors (Lipinski definition) is 2. The number of benzene rings is 11. The SMILES string of the molecule is Cc1ccc2c3c1c1cccc(C)c1c1n3c(c(-c3ccccc3)[n+]1C)C(C)(C)C2(C)C.Cc1ccc2c3c1c1nccc(C)c1c1n3c(c(-c3ccccc3)[n+]1C)C(C)(C)C2(C)C.[2H]C([2H])([2H])c1ccc2c3c1c1cccc(C)c1c1n3c(c(-c3ccccc3)[n+]1C)C(C)(C)C2(C)C.[2H]C([2H])([2H])c1ccc2c3c1c1cccc(C)c1c1n3c(c[n+]1C)C(C)(C)C2(C)C.[2H]C([2H])([2H])c1ccc2c3c1c1nccc(C)c1c1n3c(c[n+]1C)C(C)(C)C2(C)C. The van der Waals surface area contributed by atoms with Gasteiger partial charge in [-0.3, -0.25) is 9.97 Å². The van der Waals surface area contributed by atoms with Crippen LogP contribution in [0.1, 0.15) is 263 Å². The van der Waals surface area contributed by atoms with E-state index in [4.69, 9.17) is 22.3 Å². The normalized spacial score (nSPS) is 18.0. The molecule has 11 aromatic carbocycles. The van der Waals surface area contributed by atoms with Crippen molar-refractivity contribution in [2.24, 2.45) is 35.2 Å². The lowest BCUT2D eigenvalue weighted by Crippen LogP contribution is -2.44. The maximum absolute atomic E-state index is 8.41. The van der Waals surface area contributed by atoms with E-state index in [1.165, 1.54) is 162 Å². The van der Waals surface area contributed by atoms with E-state index in [0.29, 0.717) is 16.7 Å². The predicted octanol–water partition coefficient (Wildman–Crippen LogP) is 30.1. The Labute approximate surface area is 884 Å². The number of aromatic nitrogens is 12. The second kappa shape index (κ2) is 31.4. The number of hydrogen-bond donors (Lipinski definition) is 0. The highest BCUT2D eigenvalue weighted by Gasteiger charge is 2.59. The number of rotatable bonds is 3. The fourth-order valence-electron chi connectivity index (χ4n) is 28.0. The lowest BCUT2D eigenvalue weighted by molar-refractivity contribution is -0.644.